The molecule has 3 rings (SSSR count). The number of thioether (sulfide) groups is 1. The van der Waals surface area contributed by atoms with Crippen molar-refractivity contribution in [2.75, 3.05) is 31.9 Å². The maximum Gasteiger partial charge on any atom is 0.234 e. The summed E-state index contributed by atoms with van der Waals surface area (Å²) < 4.78 is 0. The second-order valence-electron chi connectivity index (χ2n) is 5.81. The molecule has 5 heteroatoms. The van der Waals surface area contributed by atoms with E-state index in [1.54, 1.807) is 0 Å². The molecule has 1 fully saturated rings. The van der Waals surface area contributed by atoms with E-state index in [4.69, 9.17) is 0 Å². The summed E-state index contributed by atoms with van der Waals surface area (Å²) in [5.74, 6) is 1.05. The first-order valence-electron chi connectivity index (χ1n) is 7.93. The molecule has 0 unspecified atom stereocenters. The zero-order valence-electron chi connectivity index (χ0n) is 13.0. The predicted molar refractivity (Wildman–Crippen MR) is 92.4 cm³/mol. The molecule has 1 aromatic carbocycles. The van der Waals surface area contributed by atoms with Gasteiger partial charge >= 0.3 is 0 Å². The number of aryl methyl sites for hydroxylation is 1. The molecule has 0 bridgehead atoms. The lowest BCUT2D eigenvalue weighted by Crippen LogP contribution is -2.36. The minimum absolute atomic E-state index is 0.151. The number of likely N-dealkylation sites (tertiary alicyclic amines) is 1. The van der Waals surface area contributed by atoms with Crippen LogP contribution in [0.3, 0.4) is 0 Å². The minimum atomic E-state index is 0.151. The zero-order valence-corrected chi connectivity index (χ0v) is 13.8. The molecule has 0 saturated carbocycles. The Morgan fingerprint density at radius 1 is 1.32 bits per heavy atom. The summed E-state index contributed by atoms with van der Waals surface area (Å²) >= 11 is 1.81. The number of hydrogen-bond donors (Lipinski definition) is 2. The van der Waals surface area contributed by atoms with Crippen molar-refractivity contribution >= 4 is 28.6 Å². The highest BCUT2D eigenvalue weighted by Crippen LogP contribution is 2.30. The van der Waals surface area contributed by atoms with E-state index in [1.807, 2.05) is 17.8 Å². The van der Waals surface area contributed by atoms with Gasteiger partial charge in [-0.3, -0.25) is 9.69 Å². The Kier molecular flexibility index (Phi) is 5.05. The summed E-state index contributed by atoms with van der Waals surface area (Å²) in [5, 5.41) is 4.30. The van der Waals surface area contributed by atoms with Crippen LogP contribution in [0.1, 0.15) is 18.5 Å². The monoisotopic (exact) mass is 317 g/mol. The number of H-pyrrole nitrogens is 1. The lowest BCUT2D eigenvalue weighted by molar-refractivity contribution is -0.121. The summed E-state index contributed by atoms with van der Waals surface area (Å²) in [6.45, 7) is 5.51. The Labute approximate surface area is 135 Å². The molecular formula is C17H23N3OS. The van der Waals surface area contributed by atoms with E-state index >= 15 is 0 Å². The molecule has 1 aliphatic rings. The van der Waals surface area contributed by atoms with Gasteiger partial charge in [-0.05, 0) is 38.9 Å². The number of para-hydroxylation sites is 1. The number of carbonyl (C=O) groups excluding carboxylic acids is 1. The van der Waals surface area contributed by atoms with Gasteiger partial charge in [-0.2, -0.15) is 0 Å². The van der Waals surface area contributed by atoms with Gasteiger partial charge in [0.05, 0.1) is 6.54 Å². The van der Waals surface area contributed by atoms with Gasteiger partial charge in [-0.25, -0.2) is 0 Å². The molecule has 1 aromatic heterocycles. The number of aromatic nitrogens is 1. The Hall–Kier alpha value is -1.46. The van der Waals surface area contributed by atoms with E-state index in [0.717, 1.165) is 25.4 Å². The highest BCUT2D eigenvalue weighted by atomic mass is 32.2. The zero-order chi connectivity index (χ0) is 15.4. The molecule has 4 nitrogen and oxygen atoms in total. The third-order valence-electron chi connectivity index (χ3n) is 4.07. The summed E-state index contributed by atoms with van der Waals surface area (Å²) in [7, 11) is 0. The van der Waals surface area contributed by atoms with Gasteiger partial charge in [-0.1, -0.05) is 18.2 Å². The van der Waals surface area contributed by atoms with Gasteiger partial charge in [-0.15, -0.1) is 11.8 Å². The second kappa shape index (κ2) is 7.20. The molecular weight excluding hydrogens is 294 g/mol. The number of rotatable bonds is 6. The smallest absolute Gasteiger partial charge is 0.234 e. The molecule has 2 N–H and O–H groups in total. The first kappa shape index (κ1) is 15.4. The fraction of sp³-hybridized carbons (Fsp3) is 0.471. The van der Waals surface area contributed by atoms with Crippen LogP contribution in [0.15, 0.2) is 29.2 Å². The van der Waals surface area contributed by atoms with E-state index in [2.05, 4.69) is 40.3 Å². The number of benzene rings is 1. The standard InChI is InChI=1S/C17H23N3OS/c1-13-17(14-6-2-3-7-15(14)19-13)22-11-8-18-16(21)12-20-9-4-5-10-20/h2-3,6-7,19H,4-5,8-12H2,1H3,(H,18,21). The molecule has 22 heavy (non-hydrogen) atoms. The molecule has 1 aliphatic heterocycles. The second-order valence-corrected chi connectivity index (χ2v) is 6.91. The molecule has 1 saturated heterocycles. The van der Waals surface area contributed by atoms with Crippen molar-refractivity contribution in [2.24, 2.45) is 0 Å². The third-order valence-corrected chi connectivity index (χ3v) is 5.29. The Bertz CT molecular complexity index is 646. The van der Waals surface area contributed by atoms with Gasteiger partial charge in [0.1, 0.15) is 0 Å². The molecule has 2 heterocycles. The molecule has 0 radical (unpaired) electrons. The molecule has 118 valence electrons. The van der Waals surface area contributed by atoms with Crippen LogP contribution < -0.4 is 5.32 Å². The van der Waals surface area contributed by atoms with Gasteiger partial charge in [0.2, 0.25) is 5.91 Å². The molecule has 0 aliphatic carbocycles. The van der Waals surface area contributed by atoms with E-state index in [9.17, 15) is 4.79 Å². The maximum absolute atomic E-state index is 11.9. The minimum Gasteiger partial charge on any atom is -0.358 e. The average molecular weight is 317 g/mol. The van der Waals surface area contributed by atoms with Crippen molar-refractivity contribution in [2.45, 2.75) is 24.7 Å². The number of nitrogens with one attached hydrogen (secondary N) is 2. The van der Waals surface area contributed by atoms with Crippen LogP contribution in [-0.2, 0) is 4.79 Å². The first-order valence-corrected chi connectivity index (χ1v) is 8.92. The normalized spacial score (nSPS) is 15.5. The summed E-state index contributed by atoms with van der Waals surface area (Å²) in [5.41, 5.74) is 2.38. The summed E-state index contributed by atoms with van der Waals surface area (Å²) in [4.78, 5) is 18.8. The number of carbonyl (C=O) groups is 1. The van der Waals surface area contributed by atoms with Crippen LogP contribution in [0.2, 0.25) is 0 Å². The topological polar surface area (TPSA) is 48.1 Å². The predicted octanol–water partition coefficient (Wildman–Crippen LogP) is 2.78. The van der Waals surface area contributed by atoms with Crippen molar-refractivity contribution in [3.63, 3.8) is 0 Å². The fourth-order valence-corrected chi connectivity index (χ4v) is 3.99. The SMILES string of the molecule is Cc1[nH]c2ccccc2c1SCCNC(=O)CN1CCCC1. The van der Waals surface area contributed by atoms with E-state index in [-0.39, 0.29) is 5.91 Å². The van der Waals surface area contributed by atoms with Crippen LogP contribution in [0, 0.1) is 6.92 Å². The Balaban J connectivity index is 1.46. The summed E-state index contributed by atoms with van der Waals surface area (Å²) in [6, 6.07) is 8.36. The third kappa shape index (κ3) is 3.65. The first-order chi connectivity index (χ1) is 10.7. The van der Waals surface area contributed by atoms with Crippen LogP contribution in [-0.4, -0.2) is 47.7 Å². The fourth-order valence-electron chi connectivity index (χ4n) is 2.98. The van der Waals surface area contributed by atoms with Crippen LogP contribution in [0.5, 0.6) is 0 Å². The van der Waals surface area contributed by atoms with Crippen LogP contribution >= 0.6 is 11.8 Å². The maximum atomic E-state index is 11.9. The largest absolute Gasteiger partial charge is 0.358 e. The van der Waals surface area contributed by atoms with Crippen LogP contribution in [0.4, 0.5) is 0 Å². The van der Waals surface area contributed by atoms with Crippen molar-refractivity contribution < 1.29 is 4.79 Å². The lowest BCUT2D eigenvalue weighted by atomic mass is 10.2. The highest BCUT2D eigenvalue weighted by molar-refractivity contribution is 7.99. The van der Waals surface area contributed by atoms with Gasteiger partial charge < -0.3 is 10.3 Å². The Morgan fingerprint density at radius 3 is 2.91 bits per heavy atom. The number of nitrogens with zero attached hydrogens (tertiary/aromatic N) is 1. The van der Waals surface area contributed by atoms with Gasteiger partial charge in [0.25, 0.3) is 0 Å². The van der Waals surface area contributed by atoms with Crippen molar-refractivity contribution in [3.05, 3.63) is 30.0 Å². The van der Waals surface area contributed by atoms with Gasteiger partial charge in [0, 0.05) is 33.8 Å². The van der Waals surface area contributed by atoms with E-state index < -0.39 is 0 Å². The quantitative estimate of drug-likeness (QED) is 0.636. The summed E-state index contributed by atoms with van der Waals surface area (Å²) in [6.07, 6.45) is 2.45. The van der Waals surface area contributed by atoms with Crippen molar-refractivity contribution in [3.8, 4) is 0 Å². The van der Waals surface area contributed by atoms with Crippen molar-refractivity contribution in [1.82, 2.24) is 15.2 Å². The molecule has 0 spiro atoms. The number of hydrogen-bond acceptors (Lipinski definition) is 3. The molecule has 1 amide bonds. The van der Waals surface area contributed by atoms with Crippen LogP contribution in [0.25, 0.3) is 10.9 Å². The van der Waals surface area contributed by atoms with Gasteiger partial charge in [0.15, 0.2) is 0 Å². The van der Waals surface area contributed by atoms with E-state index in [1.165, 1.54) is 34.3 Å². The lowest BCUT2D eigenvalue weighted by Gasteiger charge is -2.13. The number of fused-ring (bicyclic) bond motifs is 1. The van der Waals surface area contributed by atoms with E-state index in [0.29, 0.717) is 6.54 Å². The van der Waals surface area contributed by atoms with Crippen molar-refractivity contribution in [1.29, 1.82) is 0 Å². The molecule has 2 aromatic rings. The average Bonchev–Trinajstić information content (AvgIpc) is 3.11. The molecule has 0 atom stereocenters. The highest BCUT2D eigenvalue weighted by Gasteiger charge is 2.14. The number of amides is 1. The Morgan fingerprint density at radius 2 is 2.09 bits per heavy atom. The number of aromatic amines is 1.